The quantitative estimate of drug-likeness (QED) is 0.723. The van der Waals surface area contributed by atoms with Crippen LogP contribution in [-0.4, -0.2) is 23.3 Å². The summed E-state index contributed by atoms with van der Waals surface area (Å²) in [6.07, 6.45) is 7.11. The maximum atomic E-state index is 9.72. The van der Waals surface area contributed by atoms with Gasteiger partial charge in [0.25, 0.3) is 0 Å². The molecule has 0 heterocycles. The van der Waals surface area contributed by atoms with Crippen LogP contribution in [0.2, 0.25) is 0 Å². The van der Waals surface area contributed by atoms with E-state index in [1.165, 1.54) is 19.3 Å². The molecule has 16 heavy (non-hydrogen) atoms. The average Bonchev–Trinajstić information content (AvgIpc) is 2.39. The fourth-order valence-electron chi connectivity index (χ4n) is 2.71. The first-order chi connectivity index (χ1) is 7.43. The Morgan fingerprint density at radius 3 is 2.44 bits per heavy atom. The van der Waals surface area contributed by atoms with Crippen molar-refractivity contribution in [2.75, 3.05) is 6.61 Å². The Morgan fingerprint density at radius 2 is 1.88 bits per heavy atom. The molecule has 0 saturated heterocycles. The van der Waals surface area contributed by atoms with Crippen LogP contribution in [0.5, 0.6) is 0 Å². The standard InChI is InChI=1S/C14H29NO/c1-5-12(2)15-14(11-16)8-6-7-13(3,4)9-10-14/h12,15-16H,5-11H2,1-4H3. The van der Waals surface area contributed by atoms with Crippen molar-refractivity contribution in [3.8, 4) is 0 Å². The van der Waals surface area contributed by atoms with Crippen LogP contribution in [0.25, 0.3) is 0 Å². The summed E-state index contributed by atoms with van der Waals surface area (Å²) in [5.74, 6) is 0. The molecule has 2 nitrogen and oxygen atoms in total. The van der Waals surface area contributed by atoms with E-state index in [2.05, 4.69) is 33.0 Å². The number of aliphatic hydroxyl groups excluding tert-OH is 1. The van der Waals surface area contributed by atoms with Crippen molar-refractivity contribution in [3.05, 3.63) is 0 Å². The fraction of sp³-hybridized carbons (Fsp3) is 1.00. The zero-order chi connectivity index (χ0) is 12.2. The molecule has 0 bridgehead atoms. The molecule has 1 aliphatic carbocycles. The number of nitrogens with one attached hydrogen (secondary N) is 1. The Kier molecular flexibility index (Phi) is 4.81. The first kappa shape index (κ1) is 14.0. The van der Waals surface area contributed by atoms with Crippen molar-refractivity contribution in [3.63, 3.8) is 0 Å². The minimum atomic E-state index is -0.0107. The maximum Gasteiger partial charge on any atom is 0.0613 e. The molecule has 96 valence electrons. The van der Waals surface area contributed by atoms with Crippen LogP contribution < -0.4 is 5.32 Å². The van der Waals surface area contributed by atoms with Gasteiger partial charge < -0.3 is 10.4 Å². The molecule has 1 fully saturated rings. The van der Waals surface area contributed by atoms with E-state index in [-0.39, 0.29) is 12.1 Å². The van der Waals surface area contributed by atoms with Crippen molar-refractivity contribution in [1.29, 1.82) is 0 Å². The van der Waals surface area contributed by atoms with Gasteiger partial charge in [-0.05, 0) is 44.4 Å². The minimum absolute atomic E-state index is 0.0107. The van der Waals surface area contributed by atoms with Crippen LogP contribution in [0.4, 0.5) is 0 Å². The van der Waals surface area contributed by atoms with Gasteiger partial charge >= 0.3 is 0 Å². The average molecular weight is 227 g/mol. The first-order valence-corrected chi connectivity index (χ1v) is 6.82. The van der Waals surface area contributed by atoms with Crippen LogP contribution in [0.3, 0.4) is 0 Å². The van der Waals surface area contributed by atoms with E-state index in [0.29, 0.717) is 11.5 Å². The summed E-state index contributed by atoms with van der Waals surface area (Å²) in [7, 11) is 0. The van der Waals surface area contributed by atoms with E-state index in [4.69, 9.17) is 0 Å². The highest BCUT2D eigenvalue weighted by Gasteiger charge is 2.35. The Hall–Kier alpha value is -0.0800. The lowest BCUT2D eigenvalue weighted by atomic mass is 9.83. The van der Waals surface area contributed by atoms with E-state index in [0.717, 1.165) is 19.3 Å². The molecule has 2 unspecified atom stereocenters. The molecule has 0 amide bonds. The molecule has 2 heteroatoms. The predicted molar refractivity (Wildman–Crippen MR) is 69.6 cm³/mol. The van der Waals surface area contributed by atoms with Gasteiger partial charge in [0.2, 0.25) is 0 Å². The van der Waals surface area contributed by atoms with Crippen molar-refractivity contribution < 1.29 is 5.11 Å². The minimum Gasteiger partial charge on any atom is -0.394 e. The van der Waals surface area contributed by atoms with Gasteiger partial charge in [0.1, 0.15) is 0 Å². The SMILES string of the molecule is CCC(C)NC1(CO)CCCC(C)(C)CC1. The lowest BCUT2D eigenvalue weighted by Crippen LogP contribution is -2.52. The van der Waals surface area contributed by atoms with Gasteiger partial charge in [-0.25, -0.2) is 0 Å². The highest BCUT2D eigenvalue weighted by atomic mass is 16.3. The molecule has 0 spiro atoms. The van der Waals surface area contributed by atoms with Gasteiger partial charge in [0, 0.05) is 11.6 Å². The number of hydrogen-bond donors (Lipinski definition) is 2. The third-order valence-corrected chi connectivity index (χ3v) is 4.26. The Labute approximate surface area is 101 Å². The van der Waals surface area contributed by atoms with Gasteiger partial charge in [0.05, 0.1) is 6.61 Å². The highest BCUT2D eigenvalue weighted by Crippen LogP contribution is 2.38. The van der Waals surface area contributed by atoms with Gasteiger partial charge in [-0.15, -0.1) is 0 Å². The van der Waals surface area contributed by atoms with Crippen LogP contribution in [0.1, 0.15) is 66.2 Å². The highest BCUT2D eigenvalue weighted by molar-refractivity contribution is 4.93. The van der Waals surface area contributed by atoms with Crippen LogP contribution >= 0.6 is 0 Å². The largest absolute Gasteiger partial charge is 0.394 e. The van der Waals surface area contributed by atoms with E-state index < -0.39 is 0 Å². The van der Waals surface area contributed by atoms with Crippen molar-refractivity contribution in [1.82, 2.24) is 5.32 Å². The molecule has 0 aromatic heterocycles. The first-order valence-electron chi connectivity index (χ1n) is 6.82. The molecular formula is C14H29NO. The van der Waals surface area contributed by atoms with Crippen molar-refractivity contribution in [2.24, 2.45) is 5.41 Å². The lowest BCUT2D eigenvalue weighted by Gasteiger charge is -2.35. The zero-order valence-corrected chi connectivity index (χ0v) is 11.5. The van der Waals surface area contributed by atoms with Gasteiger partial charge in [-0.1, -0.05) is 27.2 Å². The summed E-state index contributed by atoms with van der Waals surface area (Å²) < 4.78 is 0. The summed E-state index contributed by atoms with van der Waals surface area (Å²) in [6.45, 7) is 9.40. The Bertz CT molecular complexity index is 215. The molecular weight excluding hydrogens is 198 g/mol. The smallest absolute Gasteiger partial charge is 0.0613 e. The van der Waals surface area contributed by atoms with Crippen molar-refractivity contribution in [2.45, 2.75) is 77.8 Å². The topological polar surface area (TPSA) is 32.3 Å². The third kappa shape index (κ3) is 3.74. The molecule has 0 aromatic rings. The summed E-state index contributed by atoms with van der Waals surface area (Å²) in [5.41, 5.74) is 0.442. The molecule has 1 saturated carbocycles. The summed E-state index contributed by atoms with van der Waals surface area (Å²) >= 11 is 0. The van der Waals surface area contributed by atoms with E-state index in [1.54, 1.807) is 0 Å². The van der Waals surface area contributed by atoms with E-state index in [1.807, 2.05) is 0 Å². The van der Waals surface area contributed by atoms with Crippen molar-refractivity contribution >= 4 is 0 Å². The summed E-state index contributed by atoms with van der Waals surface area (Å²) in [6, 6.07) is 0.508. The number of rotatable bonds is 4. The normalized spacial score (nSPS) is 32.1. The molecule has 0 aromatic carbocycles. The second-order valence-electron chi connectivity index (χ2n) is 6.41. The summed E-state index contributed by atoms with van der Waals surface area (Å²) in [5, 5.41) is 13.4. The second-order valence-corrected chi connectivity index (χ2v) is 6.41. The molecule has 1 rings (SSSR count). The summed E-state index contributed by atoms with van der Waals surface area (Å²) in [4.78, 5) is 0. The lowest BCUT2D eigenvalue weighted by molar-refractivity contribution is 0.128. The van der Waals surface area contributed by atoms with Crippen LogP contribution in [0.15, 0.2) is 0 Å². The molecule has 2 atom stereocenters. The Morgan fingerprint density at radius 1 is 1.19 bits per heavy atom. The number of aliphatic hydroxyl groups is 1. The molecule has 0 radical (unpaired) electrons. The van der Waals surface area contributed by atoms with Gasteiger partial charge in [0.15, 0.2) is 0 Å². The third-order valence-electron chi connectivity index (χ3n) is 4.26. The predicted octanol–water partition coefficient (Wildman–Crippen LogP) is 3.10. The fourth-order valence-corrected chi connectivity index (χ4v) is 2.71. The monoisotopic (exact) mass is 227 g/mol. The zero-order valence-electron chi connectivity index (χ0n) is 11.5. The van der Waals surface area contributed by atoms with E-state index in [9.17, 15) is 5.11 Å². The van der Waals surface area contributed by atoms with Crippen LogP contribution in [0, 0.1) is 5.41 Å². The second kappa shape index (κ2) is 5.50. The van der Waals surface area contributed by atoms with Gasteiger partial charge in [-0.3, -0.25) is 0 Å². The molecule has 0 aliphatic heterocycles. The van der Waals surface area contributed by atoms with E-state index >= 15 is 0 Å². The Balaban J connectivity index is 2.65. The number of hydrogen-bond acceptors (Lipinski definition) is 2. The maximum absolute atomic E-state index is 9.72. The van der Waals surface area contributed by atoms with Crippen LogP contribution in [-0.2, 0) is 0 Å². The molecule has 2 N–H and O–H groups in total. The molecule has 1 aliphatic rings. The van der Waals surface area contributed by atoms with Gasteiger partial charge in [-0.2, -0.15) is 0 Å².